The highest BCUT2D eigenvalue weighted by Gasteiger charge is 2.27. The minimum atomic E-state index is -0.626. The average molecular weight is 284 g/mol. The Hall–Kier alpha value is -1.10. The van der Waals surface area contributed by atoms with Crippen LogP contribution in [0.5, 0.6) is 0 Å². The van der Waals surface area contributed by atoms with Gasteiger partial charge in [-0.15, -0.1) is 0 Å². The number of rotatable bonds is 3. The summed E-state index contributed by atoms with van der Waals surface area (Å²) >= 11 is 5.89. The number of hydrogen-bond acceptors (Lipinski definition) is 3. The summed E-state index contributed by atoms with van der Waals surface area (Å²) in [6, 6.07) is 7.43. The SMILES string of the molecule is O=C(CCc1cccc(Cl)c1)N1C[C@H](O)C[C@@H](O)C1. The largest absolute Gasteiger partial charge is 0.391 e. The Morgan fingerprint density at radius 2 is 2.00 bits per heavy atom. The fourth-order valence-corrected chi connectivity index (χ4v) is 2.56. The first-order valence-corrected chi connectivity index (χ1v) is 6.80. The Balaban J connectivity index is 1.87. The van der Waals surface area contributed by atoms with E-state index < -0.39 is 12.2 Å². The number of β-amino-alcohol motifs (C(OH)–C–C–N with tert-alkyl or cyclic N) is 2. The first-order valence-electron chi connectivity index (χ1n) is 6.43. The highest BCUT2D eigenvalue weighted by molar-refractivity contribution is 6.30. The maximum absolute atomic E-state index is 12.0. The van der Waals surface area contributed by atoms with Gasteiger partial charge in [0.1, 0.15) is 0 Å². The molecule has 2 rings (SSSR count). The van der Waals surface area contributed by atoms with E-state index in [1.807, 2.05) is 18.2 Å². The smallest absolute Gasteiger partial charge is 0.223 e. The molecule has 2 atom stereocenters. The molecule has 1 heterocycles. The molecule has 0 aromatic heterocycles. The number of aliphatic hydroxyl groups excluding tert-OH is 2. The van der Waals surface area contributed by atoms with Crippen molar-refractivity contribution in [3.05, 3.63) is 34.9 Å². The number of piperidine rings is 1. The van der Waals surface area contributed by atoms with Gasteiger partial charge in [-0.1, -0.05) is 23.7 Å². The number of amides is 1. The van der Waals surface area contributed by atoms with Crippen LogP contribution in [0.25, 0.3) is 0 Å². The molecule has 0 spiro atoms. The van der Waals surface area contributed by atoms with E-state index in [-0.39, 0.29) is 5.91 Å². The number of carbonyl (C=O) groups is 1. The molecule has 0 unspecified atom stereocenters. The molecule has 1 aromatic rings. The summed E-state index contributed by atoms with van der Waals surface area (Å²) in [5.41, 5.74) is 1.01. The van der Waals surface area contributed by atoms with Crippen molar-refractivity contribution in [1.29, 1.82) is 0 Å². The van der Waals surface area contributed by atoms with E-state index in [1.54, 1.807) is 6.07 Å². The summed E-state index contributed by atoms with van der Waals surface area (Å²) in [5, 5.41) is 19.8. The van der Waals surface area contributed by atoms with Crippen LogP contribution < -0.4 is 0 Å². The number of halogens is 1. The molecular weight excluding hydrogens is 266 g/mol. The van der Waals surface area contributed by atoms with Gasteiger partial charge in [-0.05, 0) is 24.1 Å². The predicted molar refractivity (Wildman–Crippen MR) is 73.0 cm³/mol. The molecule has 1 fully saturated rings. The standard InChI is InChI=1S/C14H18ClNO3/c15-11-3-1-2-10(6-11)4-5-14(19)16-8-12(17)7-13(18)9-16/h1-3,6,12-13,17-18H,4-5,7-9H2/t12-,13-/m1/s1. The third-order valence-corrected chi connectivity index (χ3v) is 3.51. The molecule has 1 aliphatic heterocycles. The topological polar surface area (TPSA) is 60.8 Å². The third-order valence-electron chi connectivity index (χ3n) is 3.28. The lowest BCUT2D eigenvalue weighted by Gasteiger charge is -2.33. The van der Waals surface area contributed by atoms with Gasteiger partial charge in [0.15, 0.2) is 0 Å². The van der Waals surface area contributed by atoms with Crippen LogP contribution >= 0.6 is 11.6 Å². The molecule has 5 heteroatoms. The number of hydrogen-bond donors (Lipinski definition) is 2. The normalized spacial score (nSPS) is 23.4. The zero-order valence-electron chi connectivity index (χ0n) is 10.6. The number of nitrogens with zero attached hydrogens (tertiary/aromatic N) is 1. The first-order chi connectivity index (χ1) is 9.04. The molecule has 19 heavy (non-hydrogen) atoms. The van der Waals surface area contributed by atoms with Crippen molar-refractivity contribution in [2.24, 2.45) is 0 Å². The second kappa shape index (κ2) is 6.37. The van der Waals surface area contributed by atoms with E-state index in [9.17, 15) is 15.0 Å². The van der Waals surface area contributed by atoms with E-state index in [1.165, 1.54) is 4.90 Å². The van der Waals surface area contributed by atoms with Crippen molar-refractivity contribution < 1.29 is 15.0 Å². The summed E-state index contributed by atoms with van der Waals surface area (Å²) in [6.45, 7) is 0.622. The minimum absolute atomic E-state index is 0.0437. The Morgan fingerprint density at radius 1 is 1.32 bits per heavy atom. The monoisotopic (exact) mass is 283 g/mol. The number of carbonyl (C=O) groups excluding carboxylic acids is 1. The van der Waals surface area contributed by atoms with Crippen molar-refractivity contribution in [2.75, 3.05) is 13.1 Å². The maximum atomic E-state index is 12.0. The van der Waals surface area contributed by atoms with Crippen LogP contribution in [0, 0.1) is 0 Å². The fraction of sp³-hybridized carbons (Fsp3) is 0.500. The summed E-state index contributed by atoms with van der Waals surface area (Å²) in [4.78, 5) is 13.5. The van der Waals surface area contributed by atoms with Crippen LogP contribution in [0.2, 0.25) is 5.02 Å². The summed E-state index contributed by atoms with van der Waals surface area (Å²) < 4.78 is 0. The second-order valence-electron chi connectivity index (χ2n) is 4.97. The van der Waals surface area contributed by atoms with E-state index in [2.05, 4.69) is 0 Å². The number of aliphatic hydroxyl groups is 2. The molecule has 1 amide bonds. The molecule has 2 N–H and O–H groups in total. The van der Waals surface area contributed by atoms with Crippen molar-refractivity contribution in [3.63, 3.8) is 0 Å². The van der Waals surface area contributed by atoms with Crippen LogP contribution in [0.15, 0.2) is 24.3 Å². The highest BCUT2D eigenvalue weighted by Crippen LogP contribution is 2.15. The number of likely N-dealkylation sites (tertiary alicyclic amines) is 1. The van der Waals surface area contributed by atoms with Gasteiger partial charge in [-0.2, -0.15) is 0 Å². The van der Waals surface area contributed by atoms with Gasteiger partial charge in [0.25, 0.3) is 0 Å². The van der Waals surface area contributed by atoms with Gasteiger partial charge in [0, 0.05) is 31.0 Å². The van der Waals surface area contributed by atoms with E-state index >= 15 is 0 Å². The summed E-state index contributed by atoms with van der Waals surface area (Å²) in [7, 11) is 0. The molecule has 104 valence electrons. The van der Waals surface area contributed by atoms with Crippen LogP contribution in [0.1, 0.15) is 18.4 Å². The van der Waals surface area contributed by atoms with Gasteiger partial charge in [0.2, 0.25) is 5.91 Å². The Morgan fingerprint density at radius 3 is 2.63 bits per heavy atom. The number of aryl methyl sites for hydroxylation is 1. The van der Waals surface area contributed by atoms with E-state index in [0.29, 0.717) is 37.4 Å². The zero-order valence-corrected chi connectivity index (χ0v) is 11.4. The lowest BCUT2D eigenvalue weighted by molar-refractivity contribution is -0.137. The number of benzene rings is 1. The van der Waals surface area contributed by atoms with Crippen LogP contribution in [0.3, 0.4) is 0 Å². The van der Waals surface area contributed by atoms with Crippen molar-refractivity contribution in [3.8, 4) is 0 Å². The second-order valence-corrected chi connectivity index (χ2v) is 5.41. The average Bonchev–Trinajstić information content (AvgIpc) is 2.35. The minimum Gasteiger partial charge on any atom is -0.391 e. The van der Waals surface area contributed by atoms with Crippen LogP contribution in [-0.4, -0.2) is 46.3 Å². The third kappa shape index (κ3) is 4.20. The van der Waals surface area contributed by atoms with Gasteiger partial charge < -0.3 is 15.1 Å². The predicted octanol–water partition coefficient (Wildman–Crippen LogP) is 1.23. The summed E-state index contributed by atoms with van der Waals surface area (Å²) in [5.74, 6) is -0.0437. The molecule has 1 saturated heterocycles. The fourth-order valence-electron chi connectivity index (χ4n) is 2.35. The zero-order chi connectivity index (χ0) is 13.8. The Kier molecular flexibility index (Phi) is 4.80. The molecule has 0 bridgehead atoms. The Labute approximate surface area is 117 Å². The van der Waals surface area contributed by atoms with Crippen molar-refractivity contribution in [2.45, 2.75) is 31.5 Å². The lowest BCUT2D eigenvalue weighted by Crippen LogP contribution is -2.48. The lowest BCUT2D eigenvalue weighted by atomic mass is 10.0. The molecule has 1 aliphatic rings. The van der Waals surface area contributed by atoms with Crippen molar-refractivity contribution in [1.82, 2.24) is 4.90 Å². The van der Waals surface area contributed by atoms with Gasteiger partial charge in [-0.25, -0.2) is 0 Å². The molecule has 0 radical (unpaired) electrons. The van der Waals surface area contributed by atoms with Crippen LogP contribution in [-0.2, 0) is 11.2 Å². The molecule has 4 nitrogen and oxygen atoms in total. The molecule has 0 aliphatic carbocycles. The molecular formula is C14H18ClNO3. The molecule has 1 aromatic carbocycles. The first kappa shape index (κ1) is 14.3. The Bertz CT molecular complexity index is 442. The van der Waals surface area contributed by atoms with Gasteiger partial charge in [0.05, 0.1) is 12.2 Å². The van der Waals surface area contributed by atoms with E-state index in [0.717, 1.165) is 5.56 Å². The van der Waals surface area contributed by atoms with Crippen LogP contribution in [0.4, 0.5) is 0 Å². The molecule has 0 saturated carbocycles. The van der Waals surface area contributed by atoms with Gasteiger partial charge >= 0.3 is 0 Å². The van der Waals surface area contributed by atoms with E-state index in [4.69, 9.17) is 11.6 Å². The highest BCUT2D eigenvalue weighted by atomic mass is 35.5. The van der Waals surface area contributed by atoms with Crippen molar-refractivity contribution >= 4 is 17.5 Å². The van der Waals surface area contributed by atoms with Gasteiger partial charge in [-0.3, -0.25) is 4.79 Å². The maximum Gasteiger partial charge on any atom is 0.223 e. The quantitative estimate of drug-likeness (QED) is 0.877. The summed E-state index contributed by atoms with van der Waals surface area (Å²) in [6.07, 6.45) is 0.0673.